The fraction of sp³-hybridized carbons (Fsp3) is 0.435. The summed E-state index contributed by atoms with van der Waals surface area (Å²) in [5.74, 6) is 1.61. The number of hydrogen-bond acceptors (Lipinski definition) is 2. The molecule has 6 rings (SSSR count). The maximum atomic E-state index is 2.62. The zero-order valence-corrected chi connectivity index (χ0v) is 14.9. The lowest BCUT2D eigenvalue weighted by Crippen LogP contribution is -2.31. The van der Waals surface area contributed by atoms with Gasteiger partial charge in [0.2, 0.25) is 0 Å². The van der Waals surface area contributed by atoms with E-state index in [9.17, 15) is 0 Å². The summed E-state index contributed by atoms with van der Waals surface area (Å²) in [6.07, 6.45) is 14.9. The Morgan fingerprint density at radius 3 is 2.80 bits per heavy atom. The van der Waals surface area contributed by atoms with Gasteiger partial charge < -0.3 is 9.80 Å². The Hall–Kier alpha value is -2.09. The van der Waals surface area contributed by atoms with Gasteiger partial charge in [-0.15, -0.1) is 0 Å². The van der Waals surface area contributed by atoms with Gasteiger partial charge >= 0.3 is 0 Å². The second-order valence-electron chi connectivity index (χ2n) is 8.11. The summed E-state index contributed by atoms with van der Waals surface area (Å²) in [6.45, 7) is 4.96. The molecule has 1 fully saturated rings. The Labute approximate surface area is 150 Å². The van der Waals surface area contributed by atoms with Gasteiger partial charge in [0.15, 0.2) is 0 Å². The SMILES string of the molecule is C1=C/C(=C/c2ccc3c4c2CCCN4CC3)[C+]2CCCN3CCC1=C23. The highest BCUT2D eigenvalue weighted by Crippen LogP contribution is 2.46. The van der Waals surface area contributed by atoms with Gasteiger partial charge in [-0.2, -0.15) is 0 Å². The van der Waals surface area contributed by atoms with Crippen LogP contribution in [0.25, 0.3) is 6.08 Å². The van der Waals surface area contributed by atoms with Gasteiger partial charge in [-0.1, -0.05) is 6.07 Å². The third-order valence-electron chi connectivity index (χ3n) is 6.76. The number of anilines is 1. The molecule has 2 nitrogen and oxygen atoms in total. The maximum Gasteiger partial charge on any atom is 0.129 e. The van der Waals surface area contributed by atoms with Crippen molar-refractivity contribution in [3.05, 3.63) is 63.7 Å². The average Bonchev–Trinajstić information content (AvgIpc) is 3.26. The van der Waals surface area contributed by atoms with Crippen LogP contribution in [0, 0.1) is 5.92 Å². The molecule has 1 aromatic carbocycles. The molecular formula is C23H25N2+. The maximum absolute atomic E-state index is 2.62. The van der Waals surface area contributed by atoms with Crippen molar-refractivity contribution in [1.29, 1.82) is 0 Å². The van der Waals surface area contributed by atoms with Gasteiger partial charge in [0.25, 0.3) is 0 Å². The van der Waals surface area contributed by atoms with Gasteiger partial charge in [0.05, 0.1) is 11.5 Å². The van der Waals surface area contributed by atoms with Crippen LogP contribution in [0.1, 0.15) is 42.4 Å². The predicted molar refractivity (Wildman–Crippen MR) is 103 cm³/mol. The lowest BCUT2D eigenvalue weighted by atomic mass is 9.81. The molecule has 1 saturated heterocycles. The molecule has 0 saturated carbocycles. The number of rotatable bonds is 1. The summed E-state index contributed by atoms with van der Waals surface area (Å²) >= 11 is 0. The number of allylic oxidation sites excluding steroid dienone is 3. The van der Waals surface area contributed by atoms with E-state index in [-0.39, 0.29) is 0 Å². The molecule has 25 heavy (non-hydrogen) atoms. The van der Waals surface area contributed by atoms with Crippen LogP contribution in [-0.4, -0.2) is 31.1 Å². The molecule has 1 aliphatic carbocycles. The van der Waals surface area contributed by atoms with E-state index < -0.39 is 0 Å². The molecule has 0 atom stereocenters. The third kappa shape index (κ3) is 2.00. The van der Waals surface area contributed by atoms with Crippen LogP contribution < -0.4 is 4.90 Å². The summed E-state index contributed by atoms with van der Waals surface area (Å²) in [5.41, 5.74) is 10.9. The van der Waals surface area contributed by atoms with Gasteiger partial charge in [-0.3, -0.25) is 0 Å². The predicted octanol–water partition coefficient (Wildman–Crippen LogP) is 4.28. The molecule has 2 heteroatoms. The first-order valence-electron chi connectivity index (χ1n) is 10.0. The van der Waals surface area contributed by atoms with Gasteiger partial charge in [-0.05, 0) is 42.9 Å². The Morgan fingerprint density at radius 1 is 0.880 bits per heavy atom. The molecule has 0 aromatic heterocycles. The standard InChI is InChI=1S/C23H25N2/c1-3-20-18(7-5-16-9-13-24(11-1)22(16)20)15-19-8-6-17-10-14-25-12-2-4-21(19)23(17)25/h5-8,15H,1-4,9-14H2/q+1/b18-15-. The first-order valence-corrected chi connectivity index (χ1v) is 10.0. The average molecular weight is 329 g/mol. The second-order valence-corrected chi connectivity index (χ2v) is 8.11. The molecule has 4 aliphatic heterocycles. The lowest BCUT2D eigenvalue weighted by Gasteiger charge is -2.31. The summed E-state index contributed by atoms with van der Waals surface area (Å²) in [7, 11) is 0. The fourth-order valence-electron chi connectivity index (χ4n) is 5.63. The van der Waals surface area contributed by atoms with Crippen molar-refractivity contribution in [1.82, 2.24) is 4.90 Å². The van der Waals surface area contributed by atoms with Crippen molar-refractivity contribution in [3.63, 3.8) is 0 Å². The molecule has 0 radical (unpaired) electrons. The molecule has 1 aromatic rings. The van der Waals surface area contributed by atoms with Crippen LogP contribution in [0.4, 0.5) is 5.69 Å². The first-order chi connectivity index (χ1) is 12.4. The smallest absolute Gasteiger partial charge is 0.129 e. The minimum Gasteiger partial charge on any atom is -0.371 e. The number of hydrogen-bond donors (Lipinski definition) is 0. The van der Waals surface area contributed by atoms with Crippen molar-refractivity contribution < 1.29 is 0 Å². The lowest BCUT2D eigenvalue weighted by molar-refractivity contribution is 0.335. The van der Waals surface area contributed by atoms with Crippen LogP contribution in [0.3, 0.4) is 0 Å². The zero-order chi connectivity index (χ0) is 16.4. The van der Waals surface area contributed by atoms with E-state index in [1.807, 2.05) is 0 Å². The van der Waals surface area contributed by atoms with Crippen molar-refractivity contribution in [2.75, 3.05) is 31.1 Å². The molecule has 0 N–H and O–H groups in total. The summed E-state index contributed by atoms with van der Waals surface area (Å²) in [5, 5.41) is 0. The normalized spacial score (nSPS) is 25.1. The van der Waals surface area contributed by atoms with Crippen molar-refractivity contribution in [2.45, 2.75) is 38.5 Å². The summed E-state index contributed by atoms with van der Waals surface area (Å²) < 4.78 is 0. The molecule has 0 bridgehead atoms. The summed E-state index contributed by atoms with van der Waals surface area (Å²) in [6, 6.07) is 4.78. The summed E-state index contributed by atoms with van der Waals surface area (Å²) in [4.78, 5) is 5.25. The fourth-order valence-corrected chi connectivity index (χ4v) is 5.63. The van der Waals surface area contributed by atoms with Crippen molar-refractivity contribution in [2.24, 2.45) is 0 Å². The van der Waals surface area contributed by atoms with Crippen LogP contribution in [0.15, 0.2) is 41.1 Å². The molecule has 0 unspecified atom stereocenters. The zero-order valence-electron chi connectivity index (χ0n) is 14.9. The number of benzene rings is 1. The van der Waals surface area contributed by atoms with E-state index in [2.05, 4.69) is 40.2 Å². The van der Waals surface area contributed by atoms with Crippen LogP contribution in [0.5, 0.6) is 0 Å². The van der Waals surface area contributed by atoms with E-state index >= 15 is 0 Å². The quantitative estimate of drug-likeness (QED) is 0.710. The van der Waals surface area contributed by atoms with Gasteiger partial charge in [0, 0.05) is 68.5 Å². The van der Waals surface area contributed by atoms with E-state index in [0.717, 1.165) is 0 Å². The Bertz CT molecular complexity index is 842. The highest BCUT2D eigenvalue weighted by Gasteiger charge is 2.41. The van der Waals surface area contributed by atoms with E-state index in [1.54, 1.807) is 34.0 Å². The third-order valence-corrected chi connectivity index (χ3v) is 6.76. The van der Waals surface area contributed by atoms with Gasteiger partial charge in [0.1, 0.15) is 11.3 Å². The second kappa shape index (κ2) is 5.20. The minimum absolute atomic E-state index is 1.23. The molecule has 0 amide bonds. The number of nitrogens with zero attached hydrogens (tertiary/aromatic N) is 2. The van der Waals surface area contributed by atoms with Crippen LogP contribution >= 0.6 is 0 Å². The van der Waals surface area contributed by atoms with Crippen LogP contribution in [0.2, 0.25) is 0 Å². The molecule has 5 aliphatic rings. The molecule has 126 valence electrons. The minimum atomic E-state index is 1.23. The Kier molecular flexibility index (Phi) is 2.94. The van der Waals surface area contributed by atoms with E-state index in [1.165, 1.54) is 75.8 Å². The van der Waals surface area contributed by atoms with Crippen LogP contribution in [-0.2, 0) is 12.8 Å². The topological polar surface area (TPSA) is 6.48 Å². The Morgan fingerprint density at radius 2 is 1.80 bits per heavy atom. The monoisotopic (exact) mass is 329 g/mol. The largest absolute Gasteiger partial charge is 0.371 e. The van der Waals surface area contributed by atoms with E-state index in [4.69, 9.17) is 0 Å². The van der Waals surface area contributed by atoms with E-state index in [0.29, 0.717) is 0 Å². The number of piperidine rings is 1. The van der Waals surface area contributed by atoms with Crippen molar-refractivity contribution in [3.8, 4) is 0 Å². The highest BCUT2D eigenvalue weighted by molar-refractivity contribution is 5.76. The van der Waals surface area contributed by atoms with Gasteiger partial charge in [-0.25, -0.2) is 0 Å². The first kappa shape index (κ1) is 14.1. The molecular weight excluding hydrogens is 304 g/mol. The molecule has 0 spiro atoms. The van der Waals surface area contributed by atoms with Crippen molar-refractivity contribution >= 4 is 11.8 Å². The highest BCUT2D eigenvalue weighted by atomic mass is 15.2. The molecule has 4 heterocycles. The Balaban J connectivity index is 1.44.